The quantitative estimate of drug-likeness (QED) is 0.297. The van der Waals surface area contributed by atoms with E-state index in [1.165, 1.54) is 15.5 Å². The smallest absolute Gasteiger partial charge is 0.410 e. The number of nitrogens with zero attached hydrogens (tertiary/aromatic N) is 5. The molecule has 1 unspecified atom stereocenters. The molecule has 0 bridgehead atoms. The van der Waals surface area contributed by atoms with Gasteiger partial charge in [0, 0.05) is 22.5 Å². The summed E-state index contributed by atoms with van der Waals surface area (Å²) < 4.78 is 41.7. The number of halogens is 1. The van der Waals surface area contributed by atoms with Gasteiger partial charge in [-0.2, -0.15) is 0 Å². The van der Waals surface area contributed by atoms with Crippen molar-refractivity contribution in [2.45, 2.75) is 56.3 Å². The maximum atomic E-state index is 13.2. The molecule has 0 radical (unpaired) electrons. The summed E-state index contributed by atoms with van der Waals surface area (Å²) in [7, 11) is -3.83. The van der Waals surface area contributed by atoms with Crippen LogP contribution in [0.1, 0.15) is 44.4 Å². The Hall–Kier alpha value is -3.94. The lowest BCUT2D eigenvalue weighted by atomic mass is 10.0. The van der Waals surface area contributed by atoms with Gasteiger partial charge in [0.05, 0.1) is 24.1 Å². The van der Waals surface area contributed by atoms with Crippen LogP contribution in [0.2, 0.25) is 5.02 Å². The molecule has 0 aliphatic carbocycles. The van der Waals surface area contributed by atoms with E-state index in [0.717, 1.165) is 5.56 Å². The van der Waals surface area contributed by atoms with E-state index in [1.807, 2.05) is 0 Å². The Kier molecular flexibility index (Phi) is 8.26. The Morgan fingerprint density at radius 2 is 1.98 bits per heavy atom. The summed E-state index contributed by atoms with van der Waals surface area (Å²) in [4.78, 5) is 14.7. The Bertz CT molecular complexity index is 1690. The summed E-state index contributed by atoms with van der Waals surface area (Å²) in [5.41, 5.74) is 1.45. The van der Waals surface area contributed by atoms with Crippen LogP contribution in [-0.4, -0.2) is 69.4 Å². The van der Waals surface area contributed by atoms with Gasteiger partial charge in [0.1, 0.15) is 17.5 Å². The fourth-order valence-electron chi connectivity index (χ4n) is 4.51. The van der Waals surface area contributed by atoms with Crippen LogP contribution < -0.4 is 9.46 Å². The van der Waals surface area contributed by atoms with Crippen molar-refractivity contribution in [2.24, 2.45) is 0 Å². The fraction of sp³-hybridized carbons (Fsp3) is 0.357. The number of hydrogen-bond acceptors (Lipinski definition) is 9. The number of nitrogens with one attached hydrogen (secondary N) is 1. The maximum absolute atomic E-state index is 13.2. The van der Waals surface area contributed by atoms with Crippen molar-refractivity contribution >= 4 is 39.1 Å². The molecule has 2 N–H and O–H groups in total. The van der Waals surface area contributed by atoms with Crippen LogP contribution in [0, 0.1) is 0 Å². The van der Waals surface area contributed by atoms with E-state index < -0.39 is 33.9 Å². The SMILES string of the molecule is CC(C)(C)OC(=O)N(CC1CCc2cc(S(=O)(=O)Nc3ccc(Cl)cc3)ccc2O1)C[C@@H](O)c1ccc2nnnn2c1. The number of ether oxygens (including phenoxy) is 2. The van der Waals surface area contributed by atoms with Crippen LogP contribution in [0.4, 0.5) is 10.5 Å². The number of fused-ring (bicyclic) bond motifs is 2. The highest BCUT2D eigenvalue weighted by Crippen LogP contribution is 2.31. The van der Waals surface area contributed by atoms with Gasteiger partial charge in [-0.05, 0) is 98.1 Å². The first-order valence-electron chi connectivity index (χ1n) is 13.3. The first-order chi connectivity index (χ1) is 19.9. The summed E-state index contributed by atoms with van der Waals surface area (Å²) in [6, 6.07) is 14.4. The van der Waals surface area contributed by atoms with E-state index in [0.29, 0.717) is 40.5 Å². The van der Waals surface area contributed by atoms with Crippen LogP contribution in [0.3, 0.4) is 0 Å². The third-order valence-corrected chi connectivity index (χ3v) is 8.17. The third kappa shape index (κ3) is 7.09. The highest BCUT2D eigenvalue weighted by molar-refractivity contribution is 7.92. The summed E-state index contributed by atoms with van der Waals surface area (Å²) in [6.07, 6.45) is 0.623. The molecule has 5 rings (SSSR count). The van der Waals surface area contributed by atoms with Gasteiger partial charge in [0.2, 0.25) is 0 Å². The molecule has 2 aromatic carbocycles. The Labute approximate surface area is 248 Å². The number of rotatable bonds is 8. The first-order valence-corrected chi connectivity index (χ1v) is 15.1. The molecule has 3 heterocycles. The second-order valence-electron chi connectivity index (χ2n) is 11.0. The van der Waals surface area contributed by atoms with Gasteiger partial charge in [0.25, 0.3) is 10.0 Å². The lowest BCUT2D eigenvalue weighted by Gasteiger charge is -2.33. The summed E-state index contributed by atoms with van der Waals surface area (Å²) >= 11 is 5.90. The first kappa shape index (κ1) is 29.5. The van der Waals surface area contributed by atoms with E-state index in [9.17, 15) is 18.3 Å². The maximum Gasteiger partial charge on any atom is 0.410 e. The van der Waals surface area contributed by atoms with Crippen molar-refractivity contribution in [1.82, 2.24) is 24.9 Å². The van der Waals surface area contributed by atoms with Crippen LogP contribution in [0.25, 0.3) is 5.65 Å². The molecule has 4 aromatic rings. The van der Waals surface area contributed by atoms with Gasteiger partial charge in [-0.25, -0.2) is 17.7 Å². The third-order valence-electron chi connectivity index (χ3n) is 6.54. The van der Waals surface area contributed by atoms with Gasteiger partial charge >= 0.3 is 6.09 Å². The van der Waals surface area contributed by atoms with Crippen LogP contribution in [-0.2, 0) is 21.2 Å². The zero-order valence-corrected chi connectivity index (χ0v) is 24.8. The molecular formula is C28H31ClN6O6S. The van der Waals surface area contributed by atoms with E-state index in [1.54, 1.807) is 75.5 Å². The predicted molar refractivity (Wildman–Crippen MR) is 155 cm³/mol. The number of anilines is 1. The molecule has 42 heavy (non-hydrogen) atoms. The molecule has 14 heteroatoms. The average Bonchev–Trinajstić information content (AvgIpc) is 3.40. The van der Waals surface area contributed by atoms with E-state index >= 15 is 0 Å². The second kappa shape index (κ2) is 11.7. The van der Waals surface area contributed by atoms with Crippen molar-refractivity contribution in [2.75, 3.05) is 17.8 Å². The van der Waals surface area contributed by atoms with Crippen molar-refractivity contribution in [3.8, 4) is 5.75 Å². The molecule has 1 amide bonds. The number of aromatic nitrogens is 4. The molecule has 0 saturated carbocycles. The number of tetrazole rings is 1. The lowest BCUT2D eigenvalue weighted by Crippen LogP contribution is -2.45. The van der Waals surface area contributed by atoms with Crippen LogP contribution >= 0.6 is 11.6 Å². The highest BCUT2D eigenvalue weighted by Gasteiger charge is 2.30. The van der Waals surface area contributed by atoms with E-state index in [4.69, 9.17) is 21.1 Å². The number of carbonyl (C=O) groups excluding carboxylic acids is 1. The molecule has 1 aliphatic heterocycles. The molecule has 1 aliphatic rings. The van der Waals surface area contributed by atoms with E-state index in [-0.39, 0.29) is 18.0 Å². The number of aliphatic hydroxyl groups excluding tert-OH is 1. The van der Waals surface area contributed by atoms with Gasteiger partial charge in [-0.1, -0.05) is 17.7 Å². The molecular weight excluding hydrogens is 584 g/mol. The Morgan fingerprint density at radius 1 is 1.21 bits per heavy atom. The van der Waals surface area contributed by atoms with Gasteiger partial charge in [0.15, 0.2) is 5.65 Å². The van der Waals surface area contributed by atoms with Crippen LogP contribution in [0.5, 0.6) is 5.75 Å². The minimum Gasteiger partial charge on any atom is -0.488 e. The molecule has 0 fully saturated rings. The second-order valence-corrected chi connectivity index (χ2v) is 13.1. The summed E-state index contributed by atoms with van der Waals surface area (Å²) in [5, 5.41) is 22.8. The fourth-order valence-corrected chi connectivity index (χ4v) is 5.75. The highest BCUT2D eigenvalue weighted by atomic mass is 35.5. The van der Waals surface area contributed by atoms with Crippen LogP contribution in [0.15, 0.2) is 65.7 Å². The topological polar surface area (TPSA) is 148 Å². The molecule has 12 nitrogen and oxygen atoms in total. The van der Waals surface area contributed by atoms with E-state index in [2.05, 4.69) is 20.2 Å². The largest absolute Gasteiger partial charge is 0.488 e. The molecule has 222 valence electrons. The number of aliphatic hydroxyl groups is 1. The number of amides is 1. The van der Waals surface area contributed by atoms with Crippen molar-refractivity contribution < 1.29 is 27.8 Å². The van der Waals surface area contributed by atoms with Gasteiger partial charge < -0.3 is 19.5 Å². The number of sulfonamides is 1. The molecule has 2 aromatic heterocycles. The molecule has 0 saturated heterocycles. The number of carbonyl (C=O) groups is 1. The zero-order chi connectivity index (χ0) is 30.1. The monoisotopic (exact) mass is 614 g/mol. The minimum absolute atomic E-state index is 0.0528. The van der Waals surface area contributed by atoms with Gasteiger partial charge in [-0.15, -0.1) is 5.10 Å². The number of hydrogen-bond donors (Lipinski definition) is 2. The van der Waals surface area contributed by atoms with Crippen molar-refractivity contribution in [1.29, 1.82) is 0 Å². The Balaban J connectivity index is 1.29. The predicted octanol–water partition coefficient (Wildman–Crippen LogP) is 4.24. The van der Waals surface area contributed by atoms with Crippen molar-refractivity contribution in [3.63, 3.8) is 0 Å². The summed E-state index contributed by atoms with van der Waals surface area (Å²) in [5.74, 6) is 0.533. The Morgan fingerprint density at radius 3 is 2.71 bits per heavy atom. The lowest BCUT2D eigenvalue weighted by molar-refractivity contribution is 0.00362. The summed E-state index contributed by atoms with van der Waals surface area (Å²) in [6.45, 7) is 5.41. The average molecular weight is 615 g/mol. The number of pyridine rings is 1. The standard InChI is InChI=1S/C28H31ClN6O6S/c1-28(2,3)41-27(37)34(17-24(36)19-5-13-26-30-32-33-35(26)15-19)16-22-10-4-18-14-23(11-12-25(18)40-22)42(38,39)31-21-8-6-20(29)7-9-21/h5-9,11-15,22,24,31,36H,4,10,16-17H2,1-3H3/t22?,24-/m1/s1. The van der Waals surface area contributed by atoms with Crippen molar-refractivity contribution in [3.05, 3.63) is 76.9 Å². The molecule has 2 atom stereocenters. The molecule has 0 spiro atoms. The minimum atomic E-state index is -3.83. The zero-order valence-electron chi connectivity index (χ0n) is 23.3. The number of aryl methyl sites for hydroxylation is 1. The normalized spacial score (nSPS) is 15.9. The number of benzene rings is 2. The van der Waals surface area contributed by atoms with Gasteiger partial charge in [-0.3, -0.25) is 4.72 Å².